The number of carbonyl (C=O) groups excluding carboxylic acids is 2. The third-order valence-corrected chi connectivity index (χ3v) is 5.11. The summed E-state index contributed by atoms with van der Waals surface area (Å²) in [5.41, 5.74) is 2.79. The molecule has 2 amide bonds. The smallest absolute Gasteiger partial charge is 0.240 e. The number of aryl methyl sites for hydroxylation is 1. The van der Waals surface area contributed by atoms with Crippen LogP contribution in [0.2, 0.25) is 5.02 Å². The van der Waals surface area contributed by atoms with Crippen LogP contribution in [0.3, 0.4) is 0 Å². The van der Waals surface area contributed by atoms with Crippen LogP contribution < -0.4 is 5.32 Å². The minimum absolute atomic E-state index is 0.0548. The Morgan fingerprint density at radius 1 is 1.15 bits per heavy atom. The second kappa shape index (κ2) is 10.5. The Morgan fingerprint density at radius 3 is 2.56 bits per heavy atom. The van der Waals surface area contributed by atoms with Gasteiger partial charge >= 0.3 is 0 Å². The highest BCUT2D eigenvalue weighted by atomic mass is 35.5. The van der Waals surface area contributed by atoms with E-state index in [2.05, 4.69) is 11.4 Å². The fraction of sp³-hybridized carbons (Fsp3) is 0.524. The van der Waals surface area contributed by atoms with E-state index in [1.165, 1.54) is 6.42 Å². The predicted octanol–water partition coefficient (Wildman–Crippen LogP) is 4.22. The first kappa shape index (κ1) is 21.5. The van der Waals surface area contributed by atoms with E-state index in [1.807, 2.05) is 36.6 Å². The fourth-order valence-electron chi connectivity index (χ4n) is 3.28. The summed E-state index contributed by atoms with van der Waals surface area (Å²) < 4.78 is 0. The second-order valence-corrected chi connectivity index (χ2v) is 7.33. The molecule has 6 heteroatoms. The van der Waals surface area contributed by atoms with Crippen LogP contribution in [-0.2, 0) is 9.59 Å². The molecule has 1 N–H and O–H groups in total. The van der Waals surface area contributed by atoms with Crippen molar-refractivity contribution in [1.82, 2.24) is 9.80 Å². The van der Waals surface area contributed by atoms with Gasteiger partial charge in [0.2, 0.25) is 11.8 Å². The van der Waals surface area contributed by atoms with Gasteiger partial charge in [0.1, 0.15) is 0 Å². The summed E-state index contributed by atoms with van der Waals surface area (Å²) in [7, 11) is 0. The van der Waals surface area contributed by atoms with E-state index in [1.54, 1.807) is 12.1 Å². The molecule has 0 fully saturated rings. The maximum Gasteiger partial charge on any atom is 0.240 e. The molecular formula is C21H30ClN3O2. The molecule has 148 valence electrons. The Bertz CT molecular complexity index is 703. The van der Waals surface area contributed by atoms with Crippen molar-refractivity contribution in [3.05, 3.63) is 40.6 Å². The van der Waals surface area contributed by atoms with Gasteiger partial charge in [-0.2, -0.15) is 0 Å². The summed E-state index contributed by atoms with van der Waals surface area (Å²) in [6, 6.07) is 5.41. The van der Waals surface area contributed by atoms with Crippen molar-refractivity contribution in [3.8, 4) is 0 Å². The molecule has 0 aliphatic heterocycles. The summed E-state index contributed by atoms with van der Waals surface area (Å²) in [6.45, 7) is 7.58. The lowest BCUT2D eigenvalue weighted by atomic mass is 10.0. The van der Waals surface area contributed by atoms with Crippen LogP contribution in [0, 0.1) is 6.92 Å². The molecule has 1 aromatic rings. The molecule has 0 radical (unpaired) electrons. The van der Waals surface area contributed by atoms with Crippen molar-refractivity contribution in [2.75, 3.05) is 31.5 Å². The Hall–Kier alpha value is -1.85. The molecule has 0 saturated heterocycles. The fourth-order valence-corrected chi connectivity index (χ4v) is 3.46. The van der Waals surface area contributed by atoms with Crippen molar-refractivity contribution >= 4 is 29.1 Å². The highest BCUT2D eigenvalue weighted by Gasteiger charge is 2.21. The van der Waals surface area contributed by atoms with Gasteiger partial charge in [-0.15, -0.1) is 0 Å². The molecule has 27 heavy (non-hydrogen) atoms. The number of halogens is 1. The molecule has 1 aromatic carbocycles. The summed E-state index contributed by atoms with van der Waals surface area (Å²) >= 11 is 6.01. The average Bonchev–Trinajstić information content (AvgIpc) is 2.65. The van der Waals surface area contributed by atoms with E-state index in [9.17, 15) is 9.59 Å². The Morgan fingerprint density at radius 2 is 1.93 bits per heavy atom. The first-order chi connectivity index (χ1) is 12.9. The number of rotatable bonds is 8. The summed E-state index contributed by atoms with van der Waals surface area (Å²) in [5.74, 6) is -0.0887. The van der Waals surface area contributed by atoms with Crippen LogP contribution >= 0.6 is 11.6 Å². The van der Waals surface area contributed by atoms with Crippen molar-refractivity contribution in [1.29, 1.82) is 0 Å². The topological polar surface area (TPSA) is 52.7 Å². The van der Waals surface area contributed by atoms with E-state index >= 15 is 0 Å². The zero-order valence-corrected chi connectivity index (χ0v) is 17.3. The number of nitrogens with one attached hydrogen (secondary N) is 1. The third-order valence-electron chi connectivity index (χ3n) is 4.88. The largest absolute Gasteiger partial charge is 0.325 e. The highest BCUT2D eigenvalue weighted by Crippen LogP contribution is 2.22. The molecule has 1 aliphatic carbocycles. The van der Waals surface area contributed by atoms with Gasteiger partial charge in [-0.3, -0.25) is 14.5 Å². The maximum atomic E-state index is 12.8. The SMILES string of the molecule is CCN(CC(=O)Nc1cc(Cl)ccc1C)CC(=O)N(CC)C1=CCCCC1. The highest BCUT2D eigenvalue weighted by molar-refractivity contribution is 6.31. The molecule has 0 bridgehead atoms. The number of amides is 2. The Kier molecular flexibility index (Phi) is 8.32. The van der Waals surface area contributed by atoms with E-state index < -0.39 is 0 Å². The van der Waals surface area contributed by atoms with Crippen molar-refractivity contribution in [2.24, 2.45) is 0 Å². The summed E-state index contributed by atoms with van der Waals surface area (Å²) in [6.07, 6.45) is 6.50. The number of allylic oxidation sites excluding steroid dienone is 2. The Labute approximate surface area is 167 Å². The van der Waals surface area contributed by atoms with Crippen molar-refractivity contribution in [2.45, 2.75) is 46.5 Å². The zero-order chi connectivity index (χ0) is 19.8. The molecule has 0 saturated carbocycles. The quantitative estimate of drug-likeness (QED) is 0.722. The van der Waals surface area contributed by atoms with Crippen LogP contribution in [0.25, 0.3) is 0 Å². The number of hydrogen-bond donors (Lipinski definition) is 1. The molecule has 0 aromatic heterocycles. The van der Waals surface area contributed by atoms with Gasteiger partial charge in [-0.25, -0.2) is 0 Å². The lowest BCUT2D eigenvalue weighted by Crippen LogP contribution is -2.43. The molecule has 0 heterocycles. The van der Waals surface area contributed by atoms with Crippen LogP contribution in [0.5, 0.6) is 0 Å². The van der Waals surface area contributed by atoms with Crippen molar-refractivity contribution in [3.63, 3.8) is 0 Å². The molecule has 0 atom stereocenters. The van der Waals surface area contributed by atoms with E-state index in [4.69, 9.17) is 11.6 Å². The molecule has 2 rings (SSSR count). The van der Waals surface area contributed by atoms with E-state index in [0.29, 0.717) is 23.8 Å². The first-order valence-electron chi connectivity index (χ1n) is 9.72. The lowest BCUT2D eigenvalue weighted by Gasteiger charge is -2.29. The van der Waals surface area contributed by atoms with Crippen LogP contribution in [0.4, 0.5) is 5.69 Å². The number of nitrogens with zero attached hydrogens (tertiary/aromatic N) is 2. The van der Waals surface area contributed by atoms with Crippen LogP contribution in [0.1, 0.15) is 45.1 Å². The number of hydrogen-bond acceptors (Lipinski definition) is 3. The standard InChI is InChI=1S/C21H30ClN3O2/c1-4-24(14-20(26)23-19-13-17(22)12-11-16(19)3)15-21(27)25(5-2)18-9-7-6-8-10-18/h9,11-13H,4-8,10,14-15H2,1-3H3,(H,23,26). The van der Waals surface area contributed by atoms with Gasteiger partial charge in [-0.1, -0.05) is 30.7 Å². The minimum Gasteiger partial charge on any atom is -0.325 e. The predicted molar refractivity (Wildman–Crippen MR) is 111 cm³/mol. The molecular weight excluding hydrogens is 362 g/mol. The summed E-state index contributed by atoms with van der Waals surface area (Å²) in [4.78, 5) is 28.9. The zero-order valence-electron chi connectivity index (χ0n) is 16.6. The molecule has 5 nitrogen and oxygen atoms in total. The summed E-state index contributed by atoms with van der Waals surface area (Å²) in [5, 5.41) is 3.48. The van der Waals surface area contributed by atoms with Gasteiger partial charge in [0.25, 0.3) is 0 Å². The number of benzene rings is 1. The molecule has 0 spiro atoms. The maximum absolute atomic E-state index is 12.8. The van der Waals surface area contributed by atoms with Crippen molar-refractivity contribution < 1.29 is 9.59 Å². The van der Waals surface area contributed by atoms with Gasteiger partial charge < -0.3 is 10.2 Å². The van der Waals surface area contributed by atoms with Gasteiger partial charge in [-0.05, 0) is 63.8 Å². The van der Waals surface area contributed by atoms with E-state index in [0.717, 1.165) is 30.5 Å². The van der Waals surface area contributed by atoms with Crippen LogP contribution in [0.15, 0.2) is 30.0 Å². The monoisotopic (exact) mass is 391 g/mol. The van der Waals surface area contributed by atoms with Gasteiger partial charge in [0.05, 0.1) is 13.1 Å². The first-order valence-corrected chi connectivity index (χ1v) is 10.1. The number of anilines is 1. The number of likely N-dealkylation sites (N-methyl/N-ethyl adjacent to an activating group) is 2. The molecule has 0 unspecified atom stereocenters. The van der Waals surface area contributed by atoms with Gasteiger partial charge in [0.15, 0.2) is 0 Å². The number of carbonyl (C=O) groups is 2. The normalized spacial score (nSPS) is 14.0. The molecule has 1 aliphatic rings. The third kappa shape index (κ3) is 6.36. The lowest BCUT2D eigenvalue weighted by molar-refractivity contribution is -0.131. The average molecular weight is 392 g/mol. The van der Waals surface area contributed by atoms with E-state index in [-0.39, 0.29) is 24.9 Å². The second-order valence-electron chi connectivity index (χ2n) is 6.89. The van der Waals surface area contributed by atoms with Gasteiger partial charge in [0, 0.05) is 23.0 Å². The minimum atomic E-state index is -0.144. The van der Waals surface area contributed by atoms with Crippen LogP contribution in [-0.4, -0.2) is 47.8 Å². The Balaban J connectivity index is 1.95.